The van der Waals surface area contributed by atoms with Crippen LogP contribution in [0.25, 0.3) is 21.5 Å². The molecule has 0 aliphatic rings. The number of hydrogen-bond acceptors (Lipinski definition) is 3. The smallest absolute Gasteiger partial charge is 0.325 e. The van der Waals surface area contributed by atoms with Crippen LogP contribution in [0.2, 0.25) is 0 Å². The highest BCUT2D eigenvalue weighted by atomic mass is 16.5. The highest BCUT2D eigenvalue weighted by molar-refractivity contribution is 6.03. The fraction of sp³-hybridized carbons (Fsp3) is 0.167. The van der Waals surface area contributed by atoms with E-state index in [9.17, 15) is 4.79 Å². The Labute approximate surface area is 123 Å². The van der Waals surface area contributed by atoms with Crippen molar-refractivity contribution in [2.24, 2.45) is 0 Å². The molecule has 0 aliphatic heterocycles. The summed E-state index contributed by atoms with van der Waals surface area (Å²) in [4.78, 5) is 11.2. The predicted octanol–water partition coefficient (Wildman–Crippen LogP) is 3.89. The summed E-state index contributed by atoms with van der Waals surface area (Å²) >= 11 is 0. The summed E-state index contributed by atoms with van der Waals surface area (Å²) in [6.45, 7) is 2.32. The van der Waals surface area contributed by atoms with Gasteiger partial charge in [-0.15, -0.1) is 0 Å². The Morgan fingerprint density at radius 3 is 2.62 bits per heavy atom. The molecule has 106 valence electrons. The van der Waals surface area contributed by atoms with Crippen molar-refractivity contribution in [1.29, 1.82) is 0 Å². The second-order valence-electron chi connectivity index (χ2n) is 5.09. The van der Waals surface area contributed by atoms with Crippen molar-refractivity contribution in [2.45, 2.75) is 6.92 Å². The standard InChI is InChI=1S/C18H17NO2/c1-12-16-6-4-3-5-13(16)9-14-10-15(7-8-17(12)14)19-11-18(20)21-2/h3-10,19H,11H2,1-2H3. The van der Waals surface area contributed by atoms with Crippen molar-refractivity contribution >= 4 is 33.2 Å². The number of aryl methyl sites for hydroxylation is 1. The van der Waals surface area contributed by atoms with Gasteiger partial charge in [0, 0.05) is 5.69 Å². The Balaban J connectivity index is 2.05. The van der Waals surface area contributed by atoms with Gasteiger partial charge >= 0.3 is 5.97 Å². The van der Waals surface area contributed by atoms with Crippen LogP contribution in [-0.4, -0.2) is 19.6 Å². The molecule has 3 aromatic carbocycles. The van der Waals surface area contributed by atoms with E-state index in [0.717, 1.165) is 5.69 Å². The molecule has 21 heavy (non-hydrogen) atoms. The Kier molecular flexibility index (Phi) is 3.48. The Morgan fingerprint density at radius 1 is 1.05 bits per heavy atom. The number of ether oxygens (including phenoxy) is 1. The van der Waals surface area contributed by atoms with E-state index in [1.807, 2.05) is 12.1 Å². The third-order valence-corrected chi connectivity index (χ3v) is 3.80. The predicted molar refractivity (Wildman–Crippen MR) is 86.7 cm³/mol. The van der Waals surface area contributed by atoms with Crippen LogP contribution in [0, 0.1) is 6.92 Å². The summed E-state index contributed by atoms with van der Waals surface area (Å²) in [7, 11) is 1.39. The van der Waals surface area contributed by atoms with Crippen molar-refractivity contribution in [1.82, 2.24) is 0 Å². The minimum Gasteiger partial charge on any atom is -0.468 e. The molecule has 0 aliphatic carbocycles. The molecule has 0 saturated carbocycles. The first kappa shape index (κ1) is 13.4. The largest absolute Gasteiger partial charge is 0.468 e. The molecule has 0 radical (unpaired) electrons. The van der Waals surface area contributed by atoms with Crippen LogP contribution < -0.4 is 5.32 Å². The molecule has 0 heterocycles. The van der Waals surface area contributed by atoms with Crippen LogP contribution in [-0.2, 0) is 9.53 Å². The minimum absolute atomic E-state index is 0.175. The van der Waals surface area contributed by atoms with Gasteiger partial charge in [0.15, 0.2) is 0 Å². The summed E-state index contributed by atoms with van der Waals surface area (Å²) in [5, 5.41) is 7.99. The van der Waals surface area contributed by atoms with E-state index in [0.29, 0.717) is 0 Å². The summed E-state index contributed by atoms with van der Waals surface area (Å²) < 4.78 is 4.63. The maximum absolute atomic E-state index is 11.2. The van der Waals surface area contributed by atoms with Gasteiger partial charge in [-0.3, -0.25) is 4.79 Å². The van der Waals surface area contributed by atoms with Crippen LogP contribution in [0.15, 0.2) is 48.5 Å². The number of nitrogens with one attached hydrogen (secondary N) is 1. The number of benzene rings is 3. The number of hydrogen-bond donors (Lipinski definition) is 1. The van der Waals surface area contributed by atoms with Crippen LogP contribution in [0.5, 0.6) is 0 Å². The van der Waals surface area contributed by atoms with Crippen molar-refractivity contribution in [3.05, 3.63) is 54.1 Å². The van der Waals surface area contributed by atoms with Crippen molar-refractivity contribution < 1.29 is 9.53 Å². The van der Waals surface area contributed by atoms with Crippen molar-refractivity contribution in [2.75, 3.05) is 19.0 Å². The Morgan fingerprint density at radius 2 is 1.81 bits per heavy atom. The van der Waals surface area contributed by atoms with Gasteiger partial charge < -0.3 is 10.1 Å². The zero-order valence-electron chi connectivity index (χ0n) is 12.1. The highest BCUT2D eigenvalue weighted by Crippen LogP contribution is 2.29. The average Bonchev–Trinajstić information content (AvgIpc) is 2.52. The van der Waals surface area contributed by atoms with Crippen LogP contribution in [0.4, 0.5) is 5.69 Å². The molecule has 0 amide bonds. The average molecular weight is 279 g/mol. The van der Waals surface area contributed by atoms with Gasteiger partial charge in [0.2, 0.25) is 0 Å². The summed E-state index contributed by atoms with van der Waals surface area (Å²) in [5.74, 6) is -0.273. The molecule has 0 unspecified atom stereocenters. The second kappa shape index (κ2) is 5.44. The molecule has 3 nitrogen and oxygen atoms in total. The minimum atomic E-state index is -0.273. The fourth-order valence-corrected chi connectivity index (χ4v) is 2.66. The van der Waals surface area contributed by atoms with E-state index >= 15 is 0 Å². The summed E-state index contributed by atoms with van der Waals surface area (Å²) in [5.41, 5.74) is 2.20. The summed E-state index contributed by atoms with van der Waals surface area (Å²) in [6, 6.07) is 16.7. The quantitative estimate of drug-likeness (QED) is 0.584. The lowest BCUT2D eigenvalue weighted by molar-refractivity contribution is -0.138. The van der Waals surface area contributed by atoms with E-state index in [4.69, 9.17) is 0 Å². The van der Waals surface area contributed by atoms with Gasteiger partial charge in [0.1, 0.15) is 6.54 Å². The van der Waals surface area contributed by atoms with E-state index in [1.165, 1.54) is 34.2 Å². The SMILES string of the molecule is COC(=O)CNc1ccc2c(C)c3ccccc3cc2c1. The highest BCUT2D eigenvalue weighted by Gasteiger charge is 2.05. The van der Waals surface area contributed by atoms with E-state index in [1.54, 1.807) is 0 Å². The normalized spacial score (nSPS) is 10.8. The number of carbonyl (C=O) groups is 1. The zero-order valence-corrected chi connectivity index (χ0v) is 12.1. The van der Waals surface area contributed by atoms with E-state index < -0.39 is 0 Å². The van der Waals surface area contributed by atoms with Gasteiger partial charge in [-0.2, -0.15) is 0 Å². The summed E-state index contributed by atoms with van der Waals surface area (Å²) in [6.07, 6.45) is 0. The van der Waals surface area contributed by atoms with Crippen LogP contribution in [0.1, 0.15) is 5.56 Å². The first-order valence-corrected chi connectivity index (χ1v) is 6.92. The Bertz CT molecular complexity index is 824. The number of methoxy groups -OCH3 is 1. The zero-order chi connectivity index (χ0) is 14.8. The van der Waals surface area contributed by atoms with Gasteiger partial charge in [-0.05, 0) is 52.2 Å². The first-order chi connectivity index (χ1) is 10.2. The topological polar surface area (TPSA) is 38.3 Å². The molecular weight excluding hydrogens is 262 g/mol. The third-order valence-electron chi connectivity index (χ3n) is 3.80. The molecule has 0 aromatic heterocycles. The van der Waals surface area contributed by atoms with Gasteiger partial charge in [0.05, 0.1) is 7.11 Å². The Hall–Kier alpha value is -2.55. The van der Waals surface area contributed by atoms with E-state index in [2.05, 4.69) is 53.4 Å². The molecule has 0 atom stereocenters. The maximum atomic E-state index is 11.2. The lowest BCUT2D eigenvalue weighted by Gasteiger charge is -2.10. The number of fused-ring (bicyclic) bond motifs is 2. The monoisotopic (exact) mass is 279 g/mol. The number of carbonyl (C=O) groups excluding carboxylic acids is 1. The fourth-order valence-electron chi connectivity index (χ4n) is 2.66. The van der Waals surface area contributed by atoms with Gasteiger partial charge in [0.25, 0.3) is 0 Å². The lowest BCUT2D eigenvalue weighted by atomic mass is 9.97. The molecular formula is C18H17NO2. The van der Waals surface area contributed by atoms with Crippen LogP contribution >= 0.6 is 0 Å². The maximum Gasteiger partial charge on any atom is 0.325 e. The van der Waals surface area contributed by atoms with E-state index in [-0.39, 0.29) is 12.5 Å². The molecule has 3 rings (SSSR count). The van der Waals surface area contributed by atoms with Crippen molar-refractivity contribution in [3.8, 4) is 0 Å². The molecule has 0 bridgehead atoms. The number of rotatable bonds is 3. The molecule has 0 spiro atoms. The third kappa shape index (κ3) is 2.55. The molecule has 1 N–H and O–H groups in total. The van der Waals surface area contributed by atoms with Gasteiger partial charge in [-0.25, -0.2) is 0 Å². The van der Waals surface area contributed by atoms with Gasteiger partial charge in [-0.1, -0.05) is 30.3 Å². The molecule has 0 fully saturated rings. The van der Waals surface area contributed by atoms with Crippen LogP contribution in [0.3, 0.4) is 0 Å². The number of anilines is 1. The number of esters is 1. The van der Waals surface area contributed by atoms with Crippen molar-refractivity contribution in [3.63, 3.8) is 0 Å². The molecule has 3 heteroatoms. The first-order valence-electron chi connectivity index (χ1n) is 6.92. The molecule has 0 saturated heterocycles. The lowest BCUT2D eigenvalue weighted by Crippen LogP contribution is -2.14. The second-order valence-corrected chi connectivity index (χ2v) is 5.09. The molecule has 3 aromatic rings.